The van der Waals surface area contributed by atoms with E-state index in [9.17, 15) is 9.59 Å². The Labute approximate surface area is 174 Å². The number of hydrogen-bond acceptors (Lipinski definition) is 6. The molecule has 0 saturated heterocycles. The zero-order valence-corrected chi connectivity index (χ0v) is 17.6. The van der Waals surface area contributed by atoms with Gasteiger partial charge in [-0.2, -0.15) is 0 Å². The van der Waals surface area contributed by atoms with Crippen LogP contribution in [0.3, 0.4) is 0 Å². The standard InChI is InChI=1S/C20H18BrN3O3S/c1-10-5-6-14-13(7-10)17(25)15-16(11-3-2-4-12(21)8-11)24(19(26)18(15)27-14)20-23-22-9-28-20/h2-4,8-10,13-14,16H,5-7H2,1H3. The molecule has 4 atom stereocenters. The van der Waals surface area contributed by atoms with Crippen LogP contribution in [0.25, 0.3) is 0 Å². The van der Waals surface area contributed by atoms with E-state index in [4.69, 9.17) is 4.74 Å². The first-order valence-electron chi connectivity index (χ1n) is 9.35. The van der Waals surface area contributed by atoms with Gasteiger partial charge in [-0.1, -0.05) is 46.3 Å². The van der Waals surface area contributed by atoms with Crippen LogP contribution in [0.5, 0.6) is 0 Å². The topological polar surface area (TPSA) is 72.4 Å². The van der Waals surface area contributed by atoms with Gasteiger partial charge in [-0.3, -0.25) is 14.5 Å². The van der Waals surface area contributed by atoms with Gasteiger partial charge in [-0.15, -0.1) is 10.2 Å². The van der Waals surface area contributed by atoms with Crippen LogP contribution in [-0.2, 0) is 14.3 Å². The minimum atomic E-state index is -0.543. The fourth-order valence-corrected chi connectivity index (χ4v) is 5.54. The second-order valence-electron chi connectivity index (χ2n) is 7.64. The van der Waals surface area contributed by atoms with E-state index in [1.165, 1.54) is 11.3 Å². The van der Waals surface area contributed by atoms with E-state index in [2.05, 4.69) is 33.1 Å². The van der Waals surface area contributed by atoms with Gasteiger partial charge in [0.2, 0.25) is 5.13 Å². The maximum Gasteiger partial charge on any atom is 0.296 e. The average molecular weight is 460 g/mol. The van der Waals surface area contributed by atoms with Crippen molar-refractivity contribution in [2.24, 2.45) is 11.8 Å². The number of carbonyl (C=O) groups excluding carboxylic acids is 2. The van der Waals surface area contributed by atoms with E-state index in [0.29, 0.717) is 16.6 Å². The summed E-state index contributed by atoms with van der Waals surface area (Å²) in [6.45, 7) is 2.17. The summed E-state index contributed by atoms with van der Waals surface area (Å²) < 4.78 is 7.05. The van der Waals surface area contributed by atoms with Gasteiger partial charge < -0.3 is 4.74 Å². The molecule has 2 aliphatic heterocycles. The number of amides is 1. The fourth-order valence-electron chi connectivity index (χ4n) is 4.54. The minimum Gasteiger partial charge on any atom is -0.483 e. The van der Waals surface area contributed by atoms with Crippen LogP contribution in [0.2, 0.25) is 0 Å². The molecule has 1 saturated carbocycles. The molecule has 0 spiro atoms. The Bertz CT molecular complexity index is 990. The number of rotatable bonds is 2. The number of ether oxygens (including phenoxy) is 1. The quantitative estimate of drug-likeness (QED) is 0.677. The molecule has 1 aromatic carbocycles. The Morgan fingerprint density at radius 2 is 2.14 bits per heavy atom. The summed E-state index contributed by atoms with van der Waals surface area (Å²) in [5, 5.41) is 8.46. The highest BCUT2D eigenvalue weighted by atomic mass is 79.9. The van der Waals surface area contributed by atoms with Crippen LogP contribution in [-0.4, -0.2) is 28.0 Å². The van der Waals surface area contributed by atoms with E-state index >= 15 is 0 Å². The Hall–Kier alpha value is -2.06. The minimum absolute atomic E-state index is 0.0446. The van der Waals surface area contributed by atoms with Crippen molar-refractivity contribution in [2.75, 3.05) is 4.90 Å². The molecule has 1 aliphatic carbocycles. The van der Waals surface area contributed by atoms with Crippen LogP contribution in [0, 0.1) is 11.8 Å². The Morgan fingerprint density at radius 1 is 1.29 bits per heavy atom. The summed E-state index contributed by atoms with van der Waals surface area (Å²) in [5.74, 6) is 0.238. The smallest absolute Gasteiger partial charge is 0.296 e. The zero-order valence-electron chi connectivity index (χ0n) is 15.2. The number of hydrogen-bond donors (Lipinski definition) is 0. The molecule has 8 heteroatoms. The monoisotopic (exact) mass is 459 g/mol. The number of Topliss-reactive ketones (excluding diaryl/α,β-unsaturated/α-hetero) is 1. The summed E-state index contributed by atoms with van der Waals surface area (Å²) in [5.41, 5.74) is 2.90. The number of aromatic nitrogens is 2. The molecule has 4 unspecified atom stereocenters. The van der Waals surface area contributed by atoms with Gasteiger partial charge >= 0.3 is 0 Å². The number of fused-ring (bicyclic) bond motifs is 1. The van der Waals surface area contributed by atoms with Gasteiger partial charge in [0.1, 0.15) is 11.6 Å². The number of ketones is 1. The molecular formula is C20H18BrN3O3S. The largest absolute Gasteiger partial charge is 0.483 e. The second-order valence-corrected chi connectivity index (χ2v) is 9.37. The van der Waals surface area contributed by atoms with Crippen LogP contribution in [0.4, 0.5) is 5.13 Å². The molecule has 0 bridgehead atoms. The van der Waals surface area contributed by atoms with Gasteiger partial charge in [0.05, 0.1) is 17.5 Å². The highest BCUT2D eigenvalue weighted by Gasteiger charge is 2.53. The van der Waals surface area contributed by atoms with Crippen molar-refractivity contribution in [3.8, 4) is 0 Å². The van der Waals surface area contributed by atoms with Crippen molar-refractivity contribution in [1.29, 1.82) is 0 Å². The lowest BCUT2D eigenvalue weighted by Crippen LogP contribution is -2.41. The number of benzene rings is 1. The second kappa shape index (κ2) is 6.77. The lowest BCUT2D eigenvalue weighted by Gasteiger charge is -2.37. The molecule has 2 aromatic rings. The molecular weight excluding hydrogens is 442 g/mol. The predicted molar refractivity (Wildman–Crippen MR) is 108 cm³/mol. The molecule has 6 nitrogen and oxygen atoms in total. The third-order valence-corrected chi connectivity index (χ3v) is 7.01. The molecule has 0 radical (unpaired) electrons. The van der Waals surface area contributed by atoms with Crippen molar-refractivity contribution in [3.05, 3.63) is 51.1 Å². The lowest BCUT2D eigenvalue weighted by molar-refractivity contribution is -0.132. The van der Waals surface area contributed by atoms with Gasteiger partial charge in [-0.05, 0) is 42.9 Å². The van der Waals surface area contributed by atoms with E-state index in [-0.39, 0.29) is 29.5 Å². The van der Waals surface area contributed by atoms with Gasteiger partial charge in [0, 0.05) is 4.47 Å². The normalized spacial score (nSPS) is 29.6. The predicted octanol–water partition coefficient (Wildman–Crippen LogP) is 4.05. The van der Waals surface area contributed by atoms with E-state index in [0.717, 1.165) is 29.3 Å². The maximum absolute atomic E-state index is 13.6. The third kappa shape index (κ3) is 2.73. The van der Waals surface area contributed by atoms with Gasteiger partial charge in [0.15, 0.2) is 11.5 Å². The Kier molecular flexibility index (Phi) is 4.35. The molecule has 0 N–H and O–H groups in total. The molecule has 28 heavy (non-hydrogen) atoms. The van der Waals surface area contributed by atoms with Crippen LogP contribution < -0.4 is 4.90 Å². The van der Waals surface area contributed by atoms with E-state index in [1.54, 1.807) is 10.4 Å². The molecule has 3 heterocycles. The summed E-state index contributed by atoms with van der Waals surface area (Å²) in [7, 11) is 0. The van der Waals surface area contributed by atoms with Gasteiger partial charge in [-0.25, -0.2) is 0 Å². The number of anilines is 1. The summed E-state index contributed by atoms with van der Waals surface area (Å²) in [6, 6.07) is 7.14. The van der Waals surface area contributed by atoms with Crippen molar-refractivity contribution in [2.45, 2.75) is 38.3 Å². The first-order chi connectivity index (χ1) is 13.5. The Morgan fingerprint density at radius 3 is 2.89 bits per heavy atom. The number of halogens is 1. The first-order valence-corrected chi connectivity index (χ1v) is 11.0. The molecule has 3 aliphatic rings. The van der Waals surface area contributed by atoms with Crippen molar-refractivity contribution in [3.63, 3.8) is 0 Å². The maximum atomic E-state index is 13.6. The highest BCUT2D eigenvalue weighted by molar-refractivity contribution is 9.10. The van der Waals surface area contributed by atoms with Crippen LogP contribution in [0.15, 0.2) is 45.6 Å². The third-order valence-electron chi connectivity index (χ3n) is 5.83. The molecule has 1 aromatic heterocycles. The lowest BCUT2D eigenvalue weighted by atomic mass is 9.74. The van der Waals surface area contributed by atoms with E-state index < -0.39 is 6.04 Å². The number of carbonyl (C=O) groups is 2. The number of nitrogens with zero attached hydrogens (tertiary/aromatic N) is 3. The van der Waals surface area contributed by atoms with Crippen molar-refractivity contribution in [1.82, 2.24) is 10.2 Å². The molecule has 1 amide bonds. The molecule has 1 fully saturated rings. The highest BCUT2D eigenvalue weighted by Crippen LogP contribution is 2.49. The zero-order chi connectivity index (χ0) is 19.4. The summed E-state index contributed by atoms with van der Waals surface area (Å²) >= 11 is 4.78. The van der Waals surface area contributed by atoms with Crippen LogP contribution in [0.1, 0.15) is 37.8 Å². The van der Waals surface area contributed by atoms with Gasteiger partial charge in [0.25, 0.3) is 5.91 Å². The fraction of sp³-hybridized carbons (Fsp3) is 0.400. The van der Waals surface area contributed by atoms with E-state index in [1.807, 2.05) is 24.3 Å². The average Bonchev–Trinajstić information content (AvgIpc) is 3.29. The first kappa shape index (κ1) is 18.0. The summed E-state index contributed by atoms with van der Waals surface area (Å²) in [6.07, 6.45) is 2.42. The molecule has 5 rings (SSSR count). The SMILES string of the molecule is CC1CCC2OC3=C(C(=O)C2C1)C(c1cccc(Br)c1)N(c1nncs1)C3=O. The van der Waals surface area contributed by atoms with Crippen molar-refractivity contribution >= 4 is 44.1 Å². The van der Waals surface area contributed by atoms with Crippen molar-refractivity contribution < 1.29 is 14.3 Å². The summed E-state index contributed by atoms with van der Waals surface area (Å²) in [4.78, 5) is 28.4. The molecule has 144 valence electrons. The van der Waals surface area contributed by atoms with Crippen LogP contribution >= 0.6 is 27.3 Å². The Balaban J connectivity index is 1.65.